The summed E-state index contributed by atoms with van der Waals surface area (Å²) in [4.78, 5) is 0. The van der Waals surface area contributed by atoms with E-state index >= 15 is 0 Å². The summed E-state index contributed by atoms with van der Waals surface area (Å²) in [6.07, 6.45) is 2.71. The maximum Gasteiger partial charge on any atom is -0.00148 e. The van der Waals surface area contributed by atoms with Crippen LogP contribution in [0.15, 0.2) is 24.3 Å². The van der Waals surface area contributed by atoms with E-state index in [-0.39, 0.29) is 0 Å². The molecule has 1 aliphatic heterocycles. The van der Waals surface area contributed by atoms with Crippen LogP contribution in [0.5, 0.6) is 0 Å². The zero-order valence-electron chi connectivity index (χ0n) is 9.79. The summed E-state index contributed by atoms with van der Waals surface area (Å²) >= 11 is 0. The zero-order chi connectivity index (χ0) is 10.7. The predicted octanol–water partition coefficient (Wildman–Crippen LogP) is 3.10. The highest BCUT2D eigenvalue weighted by atomic mass is 14.9. The van der Waals surface area contributed by atoms with Crippen LogP contribution < -0.4 is 5.32 Å². The Balaban J connectivity index is 2.12. The van der Waals surface area contributed by atoms with Gasteiger partial charge >= 0.3 is 0 Å². The van der Waals surface area contributed by atoms with Crippen molar-refractivity contribution in [1.29, 1.82) is 0 Å². The average molecular weight is 203 g/mol. The number of rotatable bonds is 2. The molecular weight excluding hydrogens is 182 g/mol. The minimum atomic E-state index is 0.694. The summed E-state index contributed by atoms with van der Waals surface area (Å²) in [6.45, 7) is 6.99. The smallest absolute Gasteiger partial charge is 0.00148 e. The highest BCUT2D eigenvalue weighted by molar-refractivity contribution is 5.29. The Kier molecular flexibility index (Phi) is 3.42. The van der Waals surface area contributed by atoms with Gasteiger partial charge in [0, 0.05) is 0 Å². The minimum absolute atomic E-state index is 0.694. The number of benzene rings is 1. The maximum atomic E-state index is 3.50. The third-order valence-corrected chi connectivity index (χ3v) is 3.72. The molecule has 1 heteroatoms. The first-order valence-corrected chi connectivity index (χ1v) is 6.05. The molecular formula is C14H21N. The molecule has 1 N–H and O–H groups in total. The quantitative estimate of drug-likeness (QED) is 0.779. The molecule has 1 saturated heterocycles. The van der Waals surface area contributed by atoms with Crippen molar-refractivity contribution < 1.29 is 0 Å². The lowest BCUT2D eigenvalue weighted by molar-refractivity contribution is 0.334. The van der Waals surface area contributed by atoms with Crippen LogP contribution in [-0.2, 0) is 0 Å². The van der Waals surface area contributed by atoms with Gasteiger partial charge in [0.25, 0.3) is 0 Å². The van der Waals surface area contributed by atoms with Crippen molar-refractivity contribution in [3.8, 4) is 0 Å². The molecule has 0 aliphatic carbocycles. The molecule has 1 fully saturated rings. The molecule has 1 nitrogen and oxygen atoms in total. The molecule has 2 rings (SSSR count). The second-order valence-electron chi connectivity index (χ2n) is 4.75. The van der Waals surface area contributed by atoms with Gasteiger partial charge in [0.2, 0.25) is 0 Å². The highest BCUT2D eigenvalue weighted by Crippen LogP contribution is 2.30. The van der Waals surface area contributed by atoms with Crippen molar-refractivity contribution in [2.45, 2.75) is 32.6 Å². The molecule has 1 aliphatic rings. The number of aryl methyl sites for hydroxylation is 1. The topological polar surface area (TPSA) is 12.0 Å². The standard InChI is InChI=1S/C14H21N/c1-11-6-3-4-8-14(11)12(2)13-7-5-9-15-10-13/h3-4,6,8,12-13,15H,5,7,9-10H2,1-2H3. The Morgan fingerprint density at radius 3 is 2.80 bits per heavy atom. The van der Waals surface area contributed by atoms with Crippen LogP contribution in [0, 0.1) is 12.8 Å². The lowest BCUT2D eigenvalue weighted by Crippen LogP contribution is -2.32. The van der Waals surface area contributed by atoms with Gasteiger partial charge < -0.3 is 5.32 Å². The van der Waals surface area contributed by atoms with Gasteiger partial charge in [-0.2, -0.15) is 0 Å². The molecule has 1 aromatic carbocycles. The fraction of sp³-hybridized carbons (Fsp3) is 0.571. The first-order valence-electron chi connectivity index (χ1n) is 6.05. The van der Waals surface area contributed by atoms with Crippen molar-refractivity contribution in [1.82, 2.24) is 5.32 Å². The second-order valence-corrected chi connectivity index (χ2v) is 4.75. The summed E-state index contributed by atoms with van der Waals surface area (Å²) in [7, 11) is 0. The molecule has 1 aromatic rings. The molecule has 1 heterocycles. The normalized spacial score (nSPS) is 23.7. The van der Waals surface area contributed by atoms with Crippen molar-refractivity contribution >= 4 is 0 Å². The summed E-state index contributed by atoms with van der Waals surface area (Å²) in [6, 6.07) is 8.80. The van der Waals surface area contributed by atoms with Gasteiger partial charge in [-0.05, 0) is 55.8 Å². The Morgan fingerprint density at radius 2 is 2.13 bits per heavy atom. The number of piperidine rings is 1. The summed E-state index contributed by atoms with van der Waals surface area (Å²) in [5.41, 5.74) is 2.97. The molecule has 82 valence electrons. The summed E-state index contributed by atoms with van der Waals surface area (Å²) in [5, 5.41) is 3.50. The van der Waals surface area contributed by atoms with Gasteiger partial charge in [-0.3, -0.25) is 0 Å². The SMILES string of the molecule is Cc1ccccc1C(C)C1CCCNC1. The fourth-order valence-electron chi connectivity index (χ4n) is 2.66. The van der Waals surface area contributed by atoms with E-state index in [1.807, 2.05) is 0 Å². The van der Waals surface area contributed by atoms with E-state index in [0.29, 0.717) is 5.92 Å². The molecule has 0 spiro atoms. The minimum Gasteiger partial charge on any atom is -0.316 e. The third kappa shape index (κ3) is 2.40. The second kappa shape index (κ2) is 4.80. The van der Waals surface area contributed by atoms with Crippen LogP contribution in [0.25, 0.3) is 0 Å². The average Bonchev–Trinajstić information content (AvgIpc) is 2.30. The molecule has 15 heavy (non-hydrogen) atoms. The van der Waals surface area contributed by atoms with Gasteiger partial charge in [-0.15, -0.1) is 0 Å². The molecule has 0 bridgehead atoms. The Morgan fingerprint density at radius 1 is 1.33 bits per heavy atom. The van der Waals surface area contributed by atoms with Crippen LogP contribution >= 0.6 is 0 Å². The molecule has 0 saturated carbocycles. The third-order valence-electron chi connectivity index (χ3n) is 3.72. The molecule has 0 aromatic heterocycles. The van der Waals surface area contributed by atoms with Crippen LogP contribution in [0.1, 0.15) is 36.8 Å². The van der Waals surface area contributed by atoms with E-state index in [1.165, 1.54) is 37.1 Å². The largest absolute Gasteiger partial charge is 0.316 e. The van der Waals surface area contributed by atoms with Gasteiger partial charge in [-0.25, -0.2) is 0 Å². The molecule has 0 radical (unpaired) electrons. The molecule has 0 amide bonds. The van der Waals surface area contributed by atoms with Crippen molar-refractivity contribution in [2.24, 2.45) is 5.92 Å². The van der Waals surface area contributed by atoms with Gasteiger partial charge in [-0.1, -0.05) is 31.2 Å². The van der Waals surface area contributed by atoms with E-state index in [2.05, 4.69) is 43.4 Å². The summed E-state index contributed by atoms with van der Waals surface area (Å²) < 4.78 is 0. The van der Waals surface area contributed by atoms with E-state index in [0.717, 1.165) is 5.92 Å². The highest BCUT2D eigenvalue weighted by Gasteiger charge is 2.21. The van der Waals surface area contributed by atoms with Crippen molar-refractivity contribution in [3.63, 3.8) is 0 Å². The maximum absolute atomic E-state index is 3.50. The first kappa shape index (κ1) is 10.7. The monoisotopic (exact) mass is 203 g/mol. The van der Waals surface area contributed by atoms with Crippen LogP contribution in [0.2, 0.25) is 0 Å². The van der Waals surface area contributed by atoms with E-state index in [1.54, 1.807) is 0 Å². The number of hydrogen-bond donors (Lipinski definition) is 1. The van der Waals surface area contributed by atoms with Gasteiger partial charge in [0.05, 0.1) is 0 Å². The van der Waals surface area contributed by atoms with Crippen LogP contribution in [0.4, 0.5) is 0 Å². The van der Waals surface area contributed by atoms with Crippen molar-refractivity contribution in [3.05, 3.63) is 35.4 Å². The Labute approximate surface area is 92.9 Å². The van der Waals surface area contributed by atoms with Crippen LogP contribution in [0.3, 0.4) is 0 Å². The summed E-state index contributed by atoms with van der Waals surface area (Å²) in [5.74, 6) is 1.51. The predicted molar refractivity (Wildman–Crippen MR) is 65.2 cm³/mol. The Hall–Kier alpha value is -0.820. The van der Waals surface area contributed by atoms with Crippen molar-refractivity contribution in [2.75, 3.05) is 13.1 Å². The molecule has 2 atom stereocenters. The fourth-order valence-corrected chi connectivity index (χ4v) is 2.66. The van der Waals surface area contributed by atoms with E-state index in [9.17, 15) is 0 Å². The van der Waals surface area contributed by atoms with Crippen LogP contribution in [-0.4, -0.2) is 13.1 Å². The van der Waals surface area contributed by atoms with Gasteiger partial charge in [0.1, 0.15) is 0 Å². The zero-order valence-corrected chi connectivity index (χ0v) is 9.79. The van der Waals surface area contributed by atoms with Gasteiger partial charge in [0.15, 0.2) is 0 Å². The lowest BCUT2D eigenvalue weighted by atomic mass is 9.81. The van der Waals surface area contributed by atoms with E-state index < -0.39 is 0 Å². The Bertz CT molecular complexity index is 313. The first-order chi connectivity index (χ1) is 7.29. The van der Waals surface area contributed by atoms with E-state index in [4.69, 9.17) is 0 Å². The number of nitrogens with one attached hydrogen (secondary N) is 1. The number of hydrogen-bond acceptors (Lipinski definition) is 1. The lowest BCUT2D eigenvalue weighted by Gasteiger charge is -2.29. The molecule has 2 unspecified atom stereocenters.